The first-order valence-electron chi connectivity index (χ1n) is 7.92. The highest BCUT2D eigenvalue weighted by molar-refractivity contribution is 5.89. The zero-order valence-corrected chi connectivity index (χ0v) is 14.3. The Morgan fingerprint density at radius 3 is 2.35 bits per heavy atom. The Bertz CT molecular complexity index is 603. The number of esters is 1. The first-order chi connectivity index (χ1) is 10.9. The van der Waals surface area contributed by atoms with Crippen molar-refractivity contribution in [2.45, 2.75) is 45.6 Å². The van der Waals surface area contributed by atoms with Gasteiger partial charge in [-0.15, -0.1) is 0 Å². The fourth-order valence-corrected chi connectivity index (χ4v) is 2.99. The summed E-state index contributed by atoms with van der Waals surface area (Å²) in [5.41, 5.74) is 3.48. The molecular formula is C18H25NO4. The molecule has 1 saturated heterocycles. The van der Waals surface area contributed by atoms with Crippen LogP contribution in [0.15, 0.2) is 12.1 Å². The number of nitrogens with one attached hydrogen (secondary N) is 1. The van der Waals surface area contributed by atoms with E-state index in [1.54, 1.807) is 0 Å². The summed E-state index contributed by atoms with van der Waals surface area (Å²) in [7, 11) is 1.35. The van der Waals surface area contributed by atoms with Gasteiger partial charge in [0.05, 0.1) is 13.5 Å². The van der Waals surface area contributed by atoms with Crippen LogP contribution in [0, 0.1) is 20.8 Å². The molecule has 5 heteroatoms. The van der Waals surface area contributed by atoms with Gasteiger partial charge in [-0.05, 0) is 43.0 Å². The van der Waals surface area contributed by atoms with Crippen LogP contribution < -0.4 is 5.32 Å². The van der Waals surface area contributed by atoms with Gasteiger partial charge >= 0.3 is 5.97 Å². The summed E-state index contributed by atoms with van der Waals surface area (Å²) in [6.45, 7) is 6.97. The molecule has 1 aromatic carbocycles. The zero-order valence-electron chi connectivity index (χ0n) is 14.3. The second kappa shape index (κ2) is 7.13. The molecule has 0 radical (unpaired) electrons. The number of rotatable bonds is 4. The Balaban J connectivity index is 2.14. The number of hydrogen-bond acceptors (Lipinski definition) is 4. The average Bonchev–Trinajstić information content (AvgIpc) is 2.52. The van der Waals surface area contributed by atoms with Crippen molar-refractivity contribution in [2.75, 3.05) is 20.3 Å². The molecule has 1 amide bonds. The number of ether oxygens (including phenoxy) is 2. The van der Waals surface area contributed by atoms with E-state index in [-0.39, 0.29) is 12.3 Å². The third-order valence-corrected chi connectivity index (χ3v) is 4.60. The standard InChI is InChI=1S/C18H25NO4/c1-12-9-14(3)15(10-13(12)2)11-16(20)19-18(17(21)22-4)5-7-23-8-6-18/h9-10H,5-8,11H2,1-4H3,(H,19,20). The van der Waals surface area contributed by atoms with Gasteiger partial charge in [-0.1, -0.05) is 12.1 Å². The van der Waals surface area contributed by atoms with Crippen LogP contribution in [0.1, 0.15) is 35.1 Å². The lowest BCUT2D eigenvalue weighted by Crippen LogP contribution is -2.58. The minimum atomic E-state index is -0.961. The van der Waals surface area contributed by atoms with E-state index in [4.69, 9.17) is 9.47 Å². The average molecular weight is 319 g/mol. The monoisotopic (exact) mass is 319 g/mol. The number of methoxy groups -OCH3 is 1. The molecule has 1 heterocycles. The molecule has 0 saturated carbocycles. The first kappa shape index (κ1) is 17.5. The van der Waals surface area contributed by atoms with E-state index in [1.165, 1.54) is 12.7 Å². The molecule has 0 aliphatic carbocycles. The van der Waals surface area contributed by atoms with E-state index in [1.807, 2.05) is 19.9 Å². The van der Waals surface area contributed by atoms with Gasteiger partial charge in [0.25, 0.3) is 0 Å². The Labute approximate surface area is 137 Å². The summed E-state index contributed by atoms with van der Waals surface area (Å²) in [5.74, 6) is -0.561. The summed E-state index contributed by atoms with van der Waals surface area (Å²) < 4.78 is 10.2. The van der Waals surface area contributed by atoms with Crippen LogP contribution in [-0.4, -0.2) is 37.7 Å². The topological polar surface area (TPSA) is 64.6 Å². The van der Waals surface area contributed by atoms with Gasteiger partial charge in [0.1, 0.15) is 5.54 Å². The normalized spacial score (nSPS) is 16.7. The Kier molecular flexibility index (Phi) is 5.42. The second-order valence-electron chi connectivity index (χ2n) is 6.27. The first-order valence-corrected chi connectivity index (χ1v) is 7.92. The lowest BCUT2D eigenvalue weighted by atomic mass is 9.89. The van der Waals surface area contributed by atoms with Gasteiger partial charge in [0.15, 0.2) is 0 Å². The van der Waals surface area contributed by atoms with Crippen molar-refractivity contribution < 1.29 is 19.1 Å². The van der Waals surface area contributed by atoms with Crippen molar-refractivity contribution in [3.05, 3.63) is 34.4 Å². The molecule has 0 bridgehead atoms. The molecule has 0 aromatic heterocycles. The van der Waals surface area contributed by atoms with Gasteiger partial charge in [-0.2, -0.15) is 0 Å². The van der Waals surface area contributed by atoms with Gasteiger partial charge in [-0.3, -0.25) is 4.79 Å². The molecule has 2 rings (SSSR count). The Hall–Kier alpha value is -1.88. The highest BCUT2D eigenvalue weighted by atomic mass is 16.5. The maximum Gasteiger partial charge on any atom is 0.331 e. The van der Waals surface area contributed by atoms with Crippen molar-refractivity contribution in [1.29, 1.82) is 0 Å². The summed E-state index contributed by atoms with van der Waals surface area (Å²) >= 11 is 0. The quantitative estimate of drug-likeness (QED) is 0.862. The summed E-state index contributed by atoms with van der Waals surface area (Å²) in [5, 5.41) is 2.90. The van der Waals surface area contributed by atoms with E-state index >= 15 is 0 Å². The van der Waals surface area contributed by atoms with Gasteiger partial charge in [0.2, 0.25) is 5.91 Å². The number of benzene rings is 1. The van der Waals surface area contributed by atoms with Crippen molar-refractivity contribution >= 4 is 11.9 Å². The number of hydrogen-bond donors (Lipinski definition) is 1. The molecular weight excluding hydrogens is 294 g/mol. The number of carbonyl (C=O) groups is 2. The minimum Gasteiger partial charge on any atom is -0.467 e. The predicted octanol–water partition coefficient (Wildman–Crippen LogP) is 1.99. The maximum absolute atomic E-state index is 12.5. The molecule has 126 valence electrons. The Morgan fingerprint density at radius 2 is 1.74 bits per heavy atom. The molecule has 0 spiro atoms. The fraction of sp³-hybridized carbons (Fsp3) is 0.556. The fourth-order valence-electron chi connectivity index (χ4n) is 2.99. The SMILES string of the molecule is COC(=O)C1(NC(=O)Cc2cc(C)c(C)cc2C)CCOCC1. The van der Waals surface area contributed by atoms with Crippen LogP contribution in [0.25, 0.3) is 0 Å². The maximum atomic E-state index is 12.5. The third-order valence-electron chi connectivity index (χ3n) is 4.60. The number of aryl methyl sites for hydroxylation is 3. The molecule has 1 aromatic rings. The number of carbonyl (C=O) groups excluding carboxylic acids is 2. The van der Waals surface area contributed by atoms with Gasteiger partial charge in [0, 0.05) is 26.1 Å². The molecule has 1 fully saturated rings. The van der Waals surface area contributed by atoms with Crippen LogP contribution >= 0.6 is 0 Å². The van der Waals surface area contributed by atoms with Crippen molar-refractivity contribution in [1.82, 2.24) is 5.32 Å². The molecule has 1 aliphatic heterocycles. The van der Waals surface area contributed by atoms with Crippen molar-refractivity contribution in [3.63, 3.8) is 0 Å². The molecule has 5 nitrogen and oxygen atoms in total. The molecule has 0 unspecified atom stereocenters. The minimum absolute atomic E-state index is 0.163. The highest BCUT2D eigenvalue weighted by Crippen LogP contribution is 2.23. The zero-order chi connectivity index (χ0) is 17.0. The van der Waals surface area contributed by atoms with Gasteiger partial charge < -0.3 is 14.8 Å². The van der Waals surface area contributed by atoms with Crippen LogP contribution in [0.3, 0.4) is 0 Å². The van der Waals surface area contributed by atoms with Crippen molar-refractivity contribution in [2.24, 2.45) is 0 Å². The molecule has 1 N–H and O–H groups in total. The lowest BCUT2D eigenvalue weighted by molar-refractivity contribution is -0.155. The molecule has 23 heavy (non-hydrogen) atoms. The largest absolute Gasteiger partial charge is 0.467 e. The Morgan fingerprint density at radius 1 is 1.13 bits per heavy atom. The summed E-state index contributed by atoms with van der Waals surface area (Å²) in [6, 6.07) is 4.13. The smallest absolute Gasteiger partial charge is 0.331 e. The van der Waals surface area contributed by atoms with Crippen LogP contribution in [-0.2, 0) is 25.5 Å². The van der Waals surface area contributed by atoms with Crippen LogP contribution in [0.5, 0.6) is 0 Å². The van der Waals surface area contributed by atoms with E-state index in [0.717, 1.165) is 16.7 Å². The van der Waals surface area contributed by atoms with Crippen molar-refractivity contribution in [3.8, 4) is 0 Å². The van der Waals surface area contributed by atoms with Crippen LogP contribution in [0.4, 0.5) is 0 Å². The molecule has 0 atom stereocenters. The predicted molar refractivity (Wildman–Crippen MR) is 87.3 cm³/mol. The van der Waals surface area contributed by atoms with E-state index < -0.39 is 11.5 Å². The van der Waals surface area contributed by atoms with E-state index in [2.05, 4.69) is 18.3 Å². The molecule has 1 aliphatic rings. The lowest BCUT2D eigenvalue weighted by Gasteiger charge is -2.35. The van der Waals surface area contributed by atoms with E-state index in [0.29, 0.717) is 26.1 Å². The highest BCUT2D eigenvalue weighted by Gasteiger charge is 2.42. The number of amides is 1. The van der Waals surface area contributed by atoms with Crippen LogP contribution in [0.2, 0.25) is 0 Å². The summed E-state index contributed by atoms with van der Waals surface area (Å²) in [6.07, 6.45) is 1.14. The van der Waals surface area contributed by atoms with E-state index in [9.17, 15) is 9.59 Å². The summed E-state index contributed by atoms with van der Waals surface area (Å²) in [4.78, 5) is 24.6. The second-order valence-corrected chi connectivity index (χ2v) is 6.27. The third kappa shape index (κ3) is 3.91. The van der Waals surface area contributed by atoms with Gasteiger partial charge in [-0.25, -0.2) is 4.79 Å².